The predicted octanol–water partition coefficient (Wildman–Crippen LogP) is 3.62. The summed E-state index contributed by atoms with van der Waals surface area (Å²) in [5, 5.41) is 10.8. The van der Waals surface area contributed by atoms with E-state index in [-0.39, 0.29) is 24.3 Å². The number of nitrogens with zero attached hydrogens (tertiary/aromatic N) is 1. The SMILES string of the molecule is O=C(O)N1CCOCC1c1ccc2c(-c3cc4ccccc4oc3=O)cc(=O)oc2c1. The molecule has 2 aromatic carbocycles. The van der Waals surface area contributed by atoms with Gasteiger partial charge < -0.3 is 18.7 Å². The molecule has 8 nitrogen and oxygen atoms in total. The second-order valence-corrected chi connectivity index (χ2v) is 7.29. The van der Waals surface area contributed by atoms with E-state index in [0.29, 0.717) is 28.7 Å². The van der Waals surface area contributed by atoms with Gasteiger partial charge in [0.1, 0.15) is 11.2 Å². The minimum atomic E-state index is -1.04. The maximum absolute atomic E-state index is 12.6. The van der Waals surface area contributed by atoms with Crippen LogP contribution < -0.4 is 11.3 Å². The molecule has 1 aliphatic rings. The molecule has 5 rings (SSSR count). The van der Waals surface area contributed by atoms with Crippen LogP contribution >= 0.6 is 0 Å². The van der Waals surface area contributed by atoms with Crippen LogP contribution in [0.4, 0.5) is 4.79 Å². The first kappa shape index (κ1) is 19.1. The Hall–Kier alpha value is -3.91. The van der Waals surface area contributed by atoms with Crippen LogP contribution in [0.15, 0.2) is 73.0 Å². The molecule has 4 aromatic rings. The molecule has 1 saturated heterocycles. The summed E-state index contributed by atoms with van der Waals surface area (Å²) in [6, 6.07) is 14.6. The van der Waals surface area contributed by atoms with Crippen molar-refractivity contribution in [1.29, 1.82) is 0 Å². The monoisotopic (exact) mass is 419 g/mol. The van der Waals surface area contributed by atoms with Crippen LogP contribution in [0.1, 0.15) is 11.6 Å². The van der Waals surface area contributed by atoms with E-state index in [4.69, 9.17) is 13.6 Å². The molecule has 31 heavy (non-hydrogen) atoms. The molecule has 1 amide bonds. The smallest absolute Gasteiger partial charge is 0.407 e. The molecule has 1 atom stereocenters. The summed E-state index contributed by atoms with van der Waals surface area (Å²) in [5.41, 5.74) is 0.806. The van der Waals surface area contributed by atoms with Gasteiger partial charge in [-0.15, -0.1) is 0 Å². The van der Waals surface area contributed by atoms with Crippen LogP contribution in [0.3, 0.4) is 0 Å². The van der Waals surface area contributed by atoms with E-state index < -0.39 is 23.4 Å². The van der Waals surface area contributed by atoms with Crippen molar-refractivity contribution in [2.45, 2.75) is 6.04 Å². The fraction of sp³-hybridized carbons (Fsp3) is 0.174. The highest BCUT2D eigenvalue weighted by molar-refractivity contribution is 5.95. The highest BCUT2D eigenvalue weighted by Crippen LogP contribution is 2.31. The third-order valence-electron chi connectivity index (χ3n) is 5.46. The molecule has 156 valence electrons. The zero-order valence-electron chi connectivity index (χ0n) is 16.2. The summed E-state index contributed by atoms with van der Waals surface area (Å²) in [4.78, 5) is 37.8. The van der Waals surface area contributed by atoms with Gasteiger partial charge in [-0.05, 0) is 23.8 Å². The minimum absolute atomic E-state index is 0.204. The molecule has 1 aliphatic heterocycles. The summed E-state index contributed by atoms with van der Waals surface area (Å²) < 4.78 is 16.3. The van der Waals surface area contributed by atoms with Crippen molar-refractivity contribution >= 4 is 28.0 Å². The Balaban J connectivity index is 1.68. The number of carbonyl (C=O) groups is 1. The number of ether oxygens (including phenoxy) is 1. The number of morpholine rings is 1. The van der Waals surface area contributed by atoms with E-state index in [1.807, 2.05) is 12.1 Å². The van der Waals surface area contributed by atoms with Crippen molar-refractivity contribution in [3.8, 4) is 11.1 Å². The fourth-order valence-electron chi connectivity index (χ4n) is 3.97. The van der Waals surface area contributed by atoms with Crippen LogP contribution in [0.5, 0.6) is 0 Å². The number of benzene rings is 2. The van der Waals surface area contributed by atoms with Crippen molar-refractivity contribution in [2.75, 3.05) is 19.8 Å². The number of amides is 1. The summed E-state index contributed by atoms with van der Waals surface area (Å²) in [7, 11) is 0. The van der Waals surface area contributed by atoms with E-state index in [9.17, 15) is 19.5 Å². The molecule has 8 heteroatoms. The van der Waals surface area contributed by atoms with E-state index >= 15 is 0 Å². The molecule has 1 unspecified atom stereocenters. The molecule has 0 spiro atoms. The summed E-state index contributed by atoms with van der Waals surface area (Å²) >= 11 is 0. The number of carboxylic acid groups (broad SMARTS) is 1. The first-order valence-electron chi connectivity index (χ1n) is 9.69. The first-order valence-corrected chi connectivity index (χ1v) is 9.69. The summed E-state index contributed by atoms with van der Waals surface area (Å²) in [5.74, 6) is 0. The topological polar surface area (TPSA) is 110 Å². The molecule has 3 heterocycles. The van der Waals surface area contributed by atoms with E-state index in [2.05, 4.69) is 0 Å². The van der Waals surface area contributed by atoms with Crippen molar-refractivity contribution in [1.82, 2.24) is 4.90 Å². The lowest BCUT2D eigenvalue weighted by atomic mass is 9.98. The lowest BCUT2D eigenvalue weighted by molar-refractivity contribution is -0.000879. The third kappa shape index (κ3) is 3.36. The Morgan fingerprint density at radius 3 is 2.65 bits per heavy atom. The Morgan fingerprint density at radius 1 is 0.968 bits per heavy atom. The van der Waals surface area contributed by atoms with Gasteiger partial charge in [-0.25, -0.2) is 14.4 Å². The number of para-hydroxylation sites is 1. The molecular formula is C23H17NO7. The average molecular weight is 419 g/mol. The molecule has 0 radical (unpaired) electrons. The average Bonchev–Trinajstić information content (AvgIpc) is 2.77. The second-order valence-electron chi connectivity index (χ2n) is 7.29. The number of hydrogen-bond donors (Lipinski definition) is 1. The molecule has 2 aromatic heterocycles. The van der Waals surface area contributed by atoms with Gasteiger partial charge in [-0.1, -0.05) is 30.3 Å². The van der Waals surface area contributed by atoms with E-state index in [0.717, 1.165) is 5.39 Å². The highest BCUT2D eigenvalue weighted by Gasteiger charge is 2.29. The van der Waals surface area contributed by atoms with Crippen molar-refractivity contribution < 1.29 is 23.5 Å². The largest absolute Gasteiger partial charge is 0.465 e. The normalized spacial score (nSPS) is 16.6. The molecule has 0 bridgehead atoms. The van der Waals surface area contributed by atoms with Crippen LogP contribution in [-0.4, -0.2) is 35.9 Å². The maximum Gasteiger partial charge on any atom is 0.407 e. The van der Waals surface area contributed by atoms with Crippen LogP contribution in [-0.2, 0) is 4.74 Å². The second kappa shape index (κ2) is 7.41. The van der Waals surface area contributed by atoms with Crippen molar-refractivity contribution in [3.05, 3.63) is 81.0 Å². The Morgan fingerprint density at radius 2 is 1.81 bits per heavy atom. The zero-order chi connectivity index (χ0) is 21.5. The Labute approximate surface area is 174 Å². The Bertz CT molecular complexity index is 1440. The van der Waals surface area contributed by atoms with Gasteiger partial charge >= 0.3 is 17.3 Å². The third-order valence-corrected chi connectivity index (χ3v) is 5.46. The molecule has 0 aliphatic carbocycles. The molecule has 0 saturated carbocycles. The van der Waals surface area contributed by atoms with Gasteiger partial charge in [0.25, 0.3) is 0 Å². The highest BCUT2D eigenvalue weighted by atomic mass is 16.5. The first-order chi connectivity index (χ1) is 15.0. The minimum Gasteiger partial charge on any atom is -0.465 e. The standard InChI is InChI=1S/C23H17NO7/c25-21-11-16(17-9-14-3-1-2-4-19(14)31-22(17)26)15-6-5-13(10-20(15)30-21)18-12-29-8-7-24(18)23(27)28/h1-6,9-11,18H,7-8,12H2,(H,27,28). The van der Waals surface area contributed by atoms with Crippen LogP contribution in [0, 0.1) is 0 Å². The molecule has 1 N–H and O–H groups in total. The Kier molecular flexibility index (Phi) is 4.56. The van der Waals surface area contributed by atoms with E-state index in [1.54, 1.807) is 36.4 Å². The number of hydrogen-bond acceptors (Lipinski definition) is 6. The van der Waals surface area contributed by atoms with Gasteiger partial charge in [-0.3, -0.25) is 4.90 Å². The zero-order valence-corrected chi connectivity index (χ0v) is 16.2. The van der Waals surface area contributed by atoms with E-state index in [1.165, 1.54) is 11.0 Å². The number of fused-ring (bicyclic) bond motifs is 2. The quantitative estimate of drug-likeness (QED) is 0.494. The van der Waals surface area contributed by atoms with Gasteiger partial charge in [0.15, 0.2) is 0 Å². The van der Waals surface area contributed by atoms with Crippen molar-refractivity contribution in [3.63, 3.8) is 0 Å². The summed E-state index contributed by atoms with van der Waals surface area (Å²) in [6.45, 7) is 0.781. The fourth-order valence-corrected chi connectivity index (χ4v) is 3.97. The summed E-state index contributed by atoms with van der Waals surface area (Å²) in [6.07, 6.45) is -1.04. The van der Waals surface area contributed by atoms with Gasteiger partial charge in [0.05, 0.1) is 24.8 Å². The predicted molar refractivity (Wildman–Crippen MR) is 112 cm³/mol. The number of rotatable bonds is 2. The van der Waals surface area contributed by atoms with Gasteiger partial charge in [0, 0.05) is 28.9 Å². The maximum atomic E-state index is 12.6. The molecule has 1 fully saturated rings. The van der Waals surface area contributed by atoms with Crippen LogP contribution in [0.25, 0.3) is 33.1 Å². The lowest BCUT2D eigenvalue weighted by Crippen LogP contribution is -2.42. The van der Waals surface area contributed by atoms with Crippen molar-refractivity contribution in [2.24, 2.45) is 0 Å². The molecular weight excluding hydrogens is 402 g/mol. The van der Waals surface area contributed by atoms with Crippen LogP contribution in [0.2, 0.25) is 0 Å². The lowest BCUT2D eigenvalue weighted by Gasteiger charge is -2.33. The van der Waals surface area contributed by atoms with Gasteiger partial charge in [0.2, 0.25) is 0 Å². The van der Waals surface area contributed by atoms with Gasteiger partial charge in [-0.2, -0.15) is 0 Å².